The third-order valence-corrected chi connectivity index (χ3v) is 5.66. The van der Waals surface area contributed by atoms with E-state index in [4.69, 9.17) is 18.9 Å². The van der Waals surface area contributed by atoms with Crippen LogP contribution in [-0.2, 0) is 29.5 Å². The number of aromatic nitrogens is 2. The van der Waals surface area contributed by atoms with Crippen molar-refractivity contribution in [3.8, 4) is 6.07 Å². The maximum atomic E-state index is 13.0. The Morgan fingerprint density at radius 1 is 0.974 bits per heavy atom. The van der Waals surface area contributed by atoms with Gasteiger partial charge in [0.05, 0.1) is 11.1 Å². The highest BCUT2D eigenvalue weighted by Gasteiger charge is 2.62. The van der Waals surface area contributed by atoms with Crippen molar-refractivity contribution in [1.29, 1.82) is 5.26 Å². The molecule has 0 bridgehead atoms. The van der Waals surface area contributed by atoms with E-state index in [2.05, 4.69) is 0 Å². The Hall–Kier alpha value is -5.02. The van der Waals surface area contributed by atoms with Crippen molar-refractivity contribution in [3.05, 3.63) is 105 Å². The van der Waals surface area contributed by atoms with Crippen molar-refractivity contribution in [2.75, 3.05) is 6.61 Å². The van der Waals surface area contributed by atoms with Crippen LogP contribution in [0.1, 0.15) is 27.6 Å². The Morgan fingerprint density at radius 2 is 1.58 bits per heavy atom. The number of carbonyl (C=O) groups is 3. The van der Waals surface area contributed by atoms with Crippen LogP contribution in [0.4, 0.5) is 0 Å². The topological polar surface area (TPSA) is 167 Å². The molecule has 1 fully saturated rings. The average molecular weight is 519 g/mol. The Labute approximate surface area is 214 Å². The molecule has 1 aliphatic rings. The molecular formula is C26H21N3O9. The molecule has 0 radical (unpaired) electrons. The Bertz CT molecular complexity index is 1490. The lowest BCUT2D eigenvalue weighted by Crippen LogP contribution is -2.52. The van der Waals surface area contributed by atoms with Gasteiger partial charge in [-0.05, 0) is 24.3 Å². The van der Waals surface area contributed by atoms with Crippen molar-refractivity contribution in [2.24, 2.45) is 0 Å². The Morgan fingerprint density at radius 3 is 2.13 bits per heavy atom. The molecule has 0 spiro atoms. The standard InChI is InChI=1S/C26H21N3O9/c1-16(30)36-22-21(37-24(33)18-10-6-3-7-11-18)19(14-35-23(32)17-8-4-2-5-9-17)38-26(22,15-27)29-13-12-20(31)28-25(29)34/h2-13,19,21-22H,14H2,1H3,(H,28,31,34). The fraction of sp³-hybridized carbons (Fsp3) is 0.231. The molecule has 1 aliphatic heterocycles. The number of carbonyl (C=O) groups excluding carboxylic acids is 3. The first kappa shape index (κ1) is 26.1. The lowest BCUT2D eigenvalue weighted by molar-refractivity contribution is -0.165. The highest BCUT2D eigenvalue weighted by molar-refractivity contribution is 5.90. The van der Waals surface area contributed by atoms with E-state index in [0.29, 0.717) is 4.57 Å². The maximum Gasteiger partial charge on any atom is 0.338 e. The molecule has 194 valence electrons. The van der Waals surface area contributed by atoms with Gasteiger partial charge in [0.15, 0.2) is 6.10 Å². The molecule has 4 atom stereocenters. The molecule has 12 nitrogen and oxygen atoms in total. The zero-order chi connectivity index (χ0) is 27.3. The van der Waals surface area contributed by atoms with Crippen LogP contribution in [-0.4, -0.2) is 52.4 Å². The van der Waals surface area contributed by atoms with Gasteiger partial charge >= 0.3 is 23.6 Å². The van der Waals surface area contributed by atoms with Crippen LogP contribution in [0.5, 0.6) is 0 Å². The third-order valence-electron chi connectivity index (χ3n) is 5.66. The SMILES string of the molecule is CC(=O)OC1C(OC(=O)c2ccccc2)C(COC(=O)c2ccccc2)OC1(C#N)n1ccc(=O)[nH]c1=O. The second kappa shape index (κ2) is 10.9. The summed E-state index contributed by atoms with van der Waals surface area (Å²) in [6.45, 7) is 0.510. The summed E-state index contributed by atoms with van der Waals surface area (Å²) in [7, 11) is 0. The van der Waals surface area contributed by atoms with Crippen molar-refractivity contribution < 1.29 is 33.3 Å². The molecule has 0 amide bonds. The summed E-state index contributed by atoms with van der Waals surface area (Å²) >= 11 is 0. The van der Waals surface area contributed by atoms with Gasteiger partial charge in [-0.15, -0.1) is 0 Å². The highest BCUT2D eigenvalue weighted by Crippen LogP contribution is 2.39. The predicted octanol–water partition coefficient (Wildman–Crippen LogP) is 1.13. The normalized spacial score (nSPS) is 22.2. The molecular weight excluding hydrogens is 498 g/mol. The minimum Gasteiger partial charge on any atom is -0.459 e. The Kier molecular flexibility index (Phi) is 7.50. The molecule has 2 aromatic carbocycles. The van der Waals surface area contributed by atoms with E-state index in [-0.39, 0.29) is 11.1 Å². The van der Waals surface area contributed by atoms with Crippen LogP contribution in [0.3, 0.4) is 0 Å². The van der Waals surface area contributed by atoms with Gasteiger partial charge in [0.2, 0.25) is 6.10 Å². The molecule has 1 aromatic heterocycles. The van der Waals surface area contributed by atoms with Gasteiger partial charge in [-0.3, -0.25) is 19.1 Å². The van der Waals surface area contributed by atoms with Gasteiger partial charge in [0.1, 0.15) is 18.8 Å². The zero-order valence-electron chi connectivity index (χ0n) is 19.9. The van der Waals surface area contributed by atoms with E-state index in [9.17, 15) is 29.2 Å². The summed E-state index contributed by atoms with van der Waals surface area (Å²) in [5, 5.41) is 10.2. The van der Waals surface area contributed by atoms with Gasteiger partial charge in [-0.25, -0.2) is 14.4 Å². The Balaban J connectivity index is 1.75. The molecule has 38 heavy (non-hydrogen) atoms. The van der Waals surface area contributed by atoms with Crippen LogP contribution in [0.15, 0.2) is 82.5 Å². The number of esters is 3. The molecule has 1 N–H and O–H groups in total. The number of hydrogen-bond acceptors (Lipinski definition) is 10. The van der Waals surface area contributed by atoms with Gasteiger partial charge in [0.25, 0.3) is 11.3 Å². The number of benzene rings is 2. The summed E-state index contributed by atoms with van der Waals surface area (Å²) in [5.41, 5.74) is -3.82. The van der Waals surface area contributed by atoms with Crippen LogP contribution in [0.2, 0.25) is 0 Å². The molecule has 0 saturated carbocycles. The van der Waals surface area contributed by atoms with E-state index in [1.807, 2.05) is 11.1 Å². The molecule has 3 aromatic rings. The zero-order valence-corrected chi connectivity index (χ0v) is 19.9. The monoisotopic (exact) mass is 519 g/mol. The molecule has 4 unspecified atom stereocenters. The summed E-state index contributed by atoms with van der Waals surface area (Å²) in [6, 6.07) is 18.6. The largest absolute Gasteiger partial charge is 0.459 e. The number of rotatable bonds is 7. The number of aromatic amines is 1. The van der Waals surface area contributed by atoms with E-state index < -0.39 is 59.8 Å². The number of nitriles is 1. The second-order valence-electron chi connectivity index (χ2n) is 8.18. The first-order valence-corrected chi connectivity index (χ1v) is 11.3. The number of hydrogen-bond donors (Lipinski definition) is 1. The minimum atomic E-state index is -2.39. The van der Waals surface area contributed by atoms with Gasteiger partial charge < -0.3 is 18.9 Å². The fourth-order valence-corrected chi connectivity index (χ4v) is 3.97. The highest BCUT2D eigenvalue weighted by atomic mass is 16.7. The number of nitrogens with one attached hydrogen (secondary N) is 1. The lowest BCUT2D eigenvalue weighted by Gasteiger charge is -2.29. The van der Waals surface area contributed by atoms with E-state index in [1.54, 1.807) is 36.4 Å². The molecule has 0 aliphatic carbocycles. The number of nitrogens with zero attached hydrogens (tertiary/aromatic N) is 2. The molecule has 4 rings (SSSR count). The summed E-state index contributed by atoms with van der Waals surface area (Å²) in [6.07, 6.45) is -3.58. The van der Waals surface area contributed by atoms with Crippen molar-refractivity contribution in [2.45, 2.75) is 31.0 Å². The minimum absolute atomic E-state index is 0.143. The van der Waals surface area contributed by atoms with Crippen LogP contribution in [0, 0.1) is 11.3 Å². The molecule has 12 heteroatoms. The summed E-state index contributed by atoms with van der Waals surface area (Å²) < 4.78 is 23.0. The van der Waals surface area contributed by atoms with Crippen LogP contribution >= 0.6 is 0 Å². The predicted molar refractivity (Wildman–Crippen MR) is 128 cm³/mol. The molecule has 1 saturated heterocycles. The lowest BCUT2D eigenvalue weighted by atomic mass is 10.0. The number of ether oxygens (including phenoxy) is 4. The van der Waals surface area contributed by atoms with E-state index >= 15 is 0 Å². The first-order chi connectivity index (χ1) is 18.2. The summed E-state index contributed by atoms with van der Waals surface area (Å²) in [4.78, 5) is 63.9. The second-order valence-corrected chi connectivity index (χ2v) is 8.18. The van der Waals surface area contributed by atoms with E-state index in [0.717, 1.165) is 19.2 Å². The first-order valence-electron chi connectivity index (χ1n) is 11.3. The quantitative estimate of drug-likeness (QED) is 0.353. The summed E-state index contributed by atoms with van der Waals surface area (Å²) in [5.74, 6) is -2.46. The van der Waals surface area contributed by atoms with Gasteiger partial charge in [-0.2, -0.15) is 5.26 Å². The van der Waals surface area contributed by atoms with Gasteiger partial charge in [0, 0.05) is 19.2 Å². The van der Waals surface area contributed by atoms with Crippen LogP contribution < -0.4 is 11.2 Å². The van der Waals surface area contributed by atoms with Crippen molar-refractivity contribution >= 4 is 17.9 Å². The van der Waals surface area contributed by atoms with Crippen LogP contribution in [0.25, 0.3) is 0 Å². The maximum absolute atomic E-state index is 13.0. The van der Waals surface area contributed by atoms with Crippen molar-refractivity contribution in [1.82, 2.24) is 9.55 Å². The van der Waals surface area contributed by atoms with Crippen molar-refractivity contribution in [3.63, 3.8) is 0 Å². The number of H-pyrrole nitrogens is 1. The van der Waals surface area contributed by atoms with E-state index in [1.165, 1.54) is 24.3 Å². The fourth-order valence-electron chi connectivity index (χ4n) is 3.97. The van der Waals surface area contributed by atoms with Gasteiger partial charge in [-0.1, -0.05) is 36.4 Å². The smallest absolute Gasteiger partial charge is 0.338 e. The molecule has 2 heterocycles. The average Bonchev–Trinajstić information content (AvgIpc) is 3.20. The third kappa shape index (κ3) is 5.23.